The molecule has 0 rings (SSSR count). The number of isothiocyanates is 1. The van der Waals surface area contributed by atoms with Gasteiger partial charge in [-0.05, 0) is 12.2 Å². The van der Waals surface area contributed by atoms with Crippen LogP contribution in [0.1, 0.15) is 0 Å². The summed E-state index contributed by atoms with van der Waals surface area (Å²) < 4.78 is -0.750. The van der Waals surface area contributed by atoms with E-state index in [1.807, 2.05) is 5.16 Å². The van der Waals surface area contributed by atoms with Crippen LogP contribution in [-0.4, -0.2) is 15.4 Å². The van der Waals surface area contributed by atoms with Gasteiger partial charge in [0.25, 0.3) is 0 Å². The van der Waals surface area contributed by atoms with Gasteiger partial charge in [0, 0.05) is 0 Å². The number of hydrogen-bond donors (Lipinski definition) is 3. The third-order valence-corrected chi connectivity index (χ3v) is 0.313. The summed E-state index contributed by atoms with van der Waals surface area (Å²) in [6.45, 7) is 0. The zero-order valence-electron chi connectivity index (χ0n) is 5.14. The van der Waals surface area contributed by atoms with E-state index in [1.165, 1.54) is 0 Å². The van der Waals surface area contributed by atoms with Crippen molar-refractivity contribution in [2.24, 2.45) is 10.8 Å². The molecule has 0 radical (unpaired) electrons. The second kappa shape index (κ2) is 9.94. The molecular weight excluding hydrogens is 230 g/mol. The van der Waals surface area contributed by atoms with E-state index < -0.39 is 4.30 Å². The molecule has 0 aromatic heterocycles. The molecule has 0 aromatic carbocycles. The molecule has 4 N–H and O–H groups in total. The summed E-state index contributed by atoms with van der Waals surface area (Å²) in [4.78, 5) is 0. The highest BCUT2D eigenvalue weighted by atomic mass is 35.6. The monoisotopic (exact) mass is 234 g/mol. The van der Waals surface area contributed by atoms with Crippen molar-refractivity contribution in [1.82, 2.24) is 5.43 Å². The number of alkyl halides is 3. The molecule has 8 heteroatoms. The fourth-order valence-electron chi connectivity index (χ4n) is 0.0830. The predicted molar refractivity (Wildman–Crippen MR) is 51.4 cm³/mol. The molecular formula is C3H5Cl3N4S. The number of hydrogen-bond acceptors (Lipinski definition) is 3. The number of hydrazone groups is 1. The molecule has 0 atom stereocenters. The van der Waals surface area contributed by atoms with Crippen LogP contribution >= 0.6 is 47.0 Å². The lowest BCUT2D eigenvalue weighted by atomic mass is 11.1. The van der Waals surface area contributed by atoms with Crippen molar-refractivity contribution < 1.29 is 0 Å². The van der Waals surface area contributed by atoms with Crippen LogP contribution in [0.3, 0.4) is 0 Å². The SMILES string of the molecule is ClC(Cl)Cl.N=C(N)NN=C=S. The Morgan fingerprint density at radius 2 is 2.00 bits per heavy atom. The quantitative estimate of drug-likeness (QED) is 0.212. The Morgan fingerprint density at radius 3 is 2.09 bits per heavy atom. The van der Waals surface area contributed by atoms with Gasteiger partial charge in [-0.2, -0.15) is 0 Å². The van der Waals surface area contributed by atoms with Crippen LogP contribution in [0.15, 0.2) is 5.10 Å². The van der Waals surface area contributed by atoms with E-state index in [0.717, 1.165) is 0 Å². The Bertz CT molecular complexity index is 152. The first-order chi connectivity index (χ1) is 5.00. The first kappa shape index (κ1) is 13.5. The van der Waals surface area contributed by atoms with Crippen molar-refractivity contribution in [3.05, 3.63) is 0 Å². The van der Waals surface area contributed by atoms with Gasteiger partial charge in [-0.15, -0.1) is 5.10 Å². The molecule has 0 heterocycles. The number of guanidine groups is 1. The highest BCUT2D eigenvalue weighted by Crippen LogP contribution is 2.03. The number of rotatable bonds is 1. The van der Waals surface area contributed by atoms with Gasteiger partial charge in [0.15, 0.2) is 4.30 Å². The number of thiocarbonyl (C=S) groups is 1. The molecule has 0 aromatic rings. The molecule has 11 heavy (non-hydrogen) atoms. The van der Waals surface area contributed by atoms with E-state index in [9.17, 15) is 0 Å². The molecule has 0 bridgehead atoms. The molecule has 0 unspecified atom stereocenters. The van der Waals surface area contributed by atoms with Crippen LogP contribution in [-0.2, 0) is 0 Å². The molecule has 0 fully saturated rings. The second-order valence-corrected chi connectivity index (χ2v) is 3.14. The molecule has 0 aliphatic heterocycles. The van der Waals surface area contributed by atoms with Gasteiger partial charge in [-0.1, -0.05) is 34.8 Å². The molecule has 0 saturated carbocycles. The van der Waals surface area contributed by atoms with Crippen molar-refractivity contribution >= 4 is 58.1 Å². The van der Waals surface area contributed by atoms with Crippen LogP contribution in [0.5, 0.6) is 0 Å². The van der Waals surface area contributed by atoms with Crippen molar-refractivity contribution in [2.45, 2.75) is 4.30 Å². The predicted octanol–water partition coefficient (Wildman–Crippen LogP) is 1.47. The highest BCUT2D eigenvalue weighted by molar-refractivity contribution is 7.78. The molecule has 0 aliphatic carbocycles. The van der Waals surface area contributed by atoms with Gasteiger partial charge in [-0.3, -0.25) is 5.41 Å². The van der Waals surface area contributed by atoms with Crippen molar-refractivity contribution in [3.8, 4) is 0 Å². The zero-order valence-corrected chi connectivity index (χ0v) is 8.23. The smallest absolute Gasteiger partial charge is 0.207 e. The third-order valence-electron chi connectivity index (χ3n) is 0.222. The van der Waals surface area contributed by atoms with Crippen LogP contribution in [0, 0.1) is 5.41 Å². The van der Waals surface area contributed by atoms with Crippen LogP contribution in [0.4, 0.5) is 0 Å². The summed E-state index contributed by atoms with van der Waals surface area (Å²) >= 11 is 18.6. The second-order valence-electron chi connectivity index (χ2n) is 0.976. The van der Waals surface area contributed by atoms with E-state index in [1.54, 1.807) is 0 Å². The van der Waals surface area contributed by atoms with Crippen molar-refractivity contribution in [2.75, 3.05) is 0 Å². The Kier molecular flexibility index (Phi) is 12.2. The minimum atomic E-state index is -0.750. The van der Waals surface area contributed by atoms with Gasteiger partial charge in [0.2, 0.25) is 5.96 Å². The lowest BCUT2D eigenvalue weighted by Gasteiger charge is -1.86. The third kappa shape index (κ3) is 40.4. The van der Waals surface area contributed by atoms with Crippen molar-refractivity contribution in [3.63, 3.8) is 0 Å². The Labute approximate surface area is 84.2 Å². The lowest BCUT2D eigenvalue weighted by molar-refractivity contribution is 1.01. The number of nitrogens with one attached hydrogen (secondary N) is 2. The van der Waals surface area contributed by atoms with Crippen LogP contribution < -0.4 is 11.2 Å². The molecule has 0 spiro atoms. The van der Waals surface area contributed by atoms with Gasteiger partial charge in [-0.25, -0.2) is 5.43 Å². The summed E-state index contributed by atoms with van der Waals surface area (Å²) in [5.41, 5.74) is 6.84. The standard InChI is InChI=1S/C2H4N4S.CHCl3/c3-2(4)6-5-1-7;2-1(3)4/h(H4,3,4,6);1H. The van der Waals surface area contributed by atoms with E-state index >= 15 is 0 Å². The highest BCUT2D eigenvalue weighted by Gasteiger charge is 1.78. The first-order valence-electron chi connectivity index (χ1n) is 2.09. The fourth-order valence-corrected chi connectivity index (χ4v) is 0.129. The average Bonchev–Trinajstić information content (AvgIpc) is 1.82. The minimum Gasteiger partial charge on any atom is -0.369 e. The van der Waals surface area contributed by atoms with Crippen LogP contribution in [0.2, 0.25) is 0 Å². The zero-order chi connectivity index (χ0) is 9.28. The normalized spacial score (nSPS) is 7.27. The molecule has 0 aliphatic rings. The molecule has 0 saturated heterocycles. The van der Waals surface area contributed by atoms with Gasteiger partial charge >= 0.3 is 0 Å². The van der Waals surface area contributed by atoms with Gasteiger partial charge < -0.3 is 5.73 Å². The lowest BCUT2D eigenvalue weighted by Crippen LogP contribution is -2.24. The number of nitrogens with zero attached hydrogens (tertiary/aromatic N) is 1. The Balaban J connectivity index is 0. The minimum absolute atomic E-state index is 0.239. The topological polar surface area (TPSA) is 74.3 Å². The maximum absolute atomic E-state index is 6.48. The largest absolute Gasteiger partial charge is 0.369 e. The summed E-state index contributed by atoms with van der Waals surface area (Å²) in [5, 5.41) is 11.6. The summed E-state index contributed by atoms with van der Waals surface area (Å²) in [7, 11) is 0. The van der Waals surface area contributed by atoms with Gasteiger partial charge in [0.1, 0.15) is 0 Å². The maximum Gasteiger partial charge on any atom is 0.207 e. The Morgan fingerprint density at radius 1 is 1.64 bits per heavy atom. The van der Waals surface area contributed by atoms with E-state index in [4.69, 9.17) is 45.9 Å². The Hall–Kier alpha value is -0.0600. The first-order valence-corrected chi connectivity index (χ1v) is 3.81. The summed E-state index contributed by atoms with van der Waals surface area (Å²) in [6.07, 6.45) is 0. The molecule has 64 valence electrons. The van der Waals surface area contributed by atoms with E-state index in [0.29, 0.717) is 0 Å². The van der Waals surface area contributed by atoms with Gasteiger partial charge in [0.05, 0.1) is 5.16 Å². The van der Waals surface area contributed by atoms with E-state index in [-0.39, 0.29) is 5.96 Å². The number of nitrogens with two attached hydrogens (primary N) is 1. The summed E-state index contributed by atoms with van der Waals surface area (Å²) in [6, 6.07) is 0. The van der Waals surface area contributed by atoms with Crippen molar-refractivity contribution in [1.29, 1.82) is 5.41 Å². The number of halogens is 3. The summed E-state index contributed by atoms with van der Waals surface area (Å²) in [5.74, 6) is -0.239. The molecule has 4 nitrogen and oxygen atoms in total. The average molecular weight is 236 g/mol. The van der Waals surface area contributed by atoms with Crippen LogP contribution in [0.25, 0.3) is 0 Å². The fraction of sp³-hybridized carbons (Fsp3) is 0.333. The van der Waals surface area contributed by atoms with E-state index in [2.05, 4.69) is 22.7 Å². The molecule has 0 amide bonds. The maximum atomic E-state index is 6.48.